The summed E-state index contributed by atoms with van der Waals surface area (Å²) >= 11 is 0. The van der Waals surface area contributed by atoms with E-state index in [9.17, 15) is 8.42 Å². The molecule has 0 radical (unpaired) electrons. The van der Waals surface area contributed by atoms with Crippen LogP contribution in [0.2, 0.25) is 0 Å². The third-order valence-corrected chi connectivity index (χ3v) is 4.33. The van der Waals surface area contributed by atoms with Gasteiger partial charge in [-0.25, -0.2) is 0 Å². The first-order chi connectivity index (χ1) is 11.9. The second-order valence-electron chi connectivity index (χ2n) is 5.63. The predicted octanol–water partition coefficient (Wildman–Crippen LogP) is 2.82. The third-order valence-electron chi connectivity index (χ3n) is 3.74. The molecule has 25 heavy (non-hydrogen) atoms. The Bertz CT molecular complexity index is 986. The zero-order chi connectivity index (χ0) is 17.9. The first kappa shape index (κ1) is 17.3. The number of rotatable bonds is 6. The Labute approximate surface area is 146 Å². The van der Waals surface area contributed by atoms with Gasteiger partial charge in [-0.15, -0.1) is 10.2 Å². The van der Waals surface area contributed by atoms with Crippen LogP contribution in [0, 0.1) is 0 Å². The van der Waals surface area contributed by atoms with Crippen molar-refractivity contribution >= 4 is 20.9 Å². The van der Waals surface area contributed by atoms with E-state index in [1.54, 1.807) is 13.2 Å². The molecule has 6 nitrogen and oxygen atoms in total. The zero-order valence-electron chi connectivity index (χ0n) is 14.0. The Morgan fingerprint density at radius 1 is 0.960 bits per heavy atom. The molecule has 2 aromatic carbocycles. The third kappa shape index (κ3) is 4.52. The molecule has 0 aliphatic carbocycles. The molecule has 130 valence electrons. The van der Waals surface area contributed by atoms with Crippen molar-refractivity contribution in [3.8, 4) is 17.1 Å². The van der Waals surface area contributed by atoms with E-state index in [4.69, 9.17) is 8.92 Å². The Kier molecular flexibility index (Phi) is 4.96. The molecule has 0 atom stereocenters. The monoisotopic (exact) mass is 358 g/mol. The smallest absolute Gasteiger partial charge is 0.264 e. The summed E-state index contributed by atoms with van der Waals surface area (Å²) in [6.45, 7) is 0.143. The summed E-state index contributed by atoms with van der Waals surface area (Å²) in [5, 5.41) is 10.3. The highest BCUT2D eigenvalue weighted by Gasteiger charge is 2.05. The molecule has 0 amide bonds. The van der Waals surface area contributed by atoms with E-state index in [1.807, 2.05) is 42.5 Å². The Morgan fingerprint density at radius 2 is 1.72 bits per heavy atom. The van der Waals surface area contributed by atoms with Crippen LogP contribution < -0.4 is 4.74 Å². The number of nitrogens with zero attached hydrogens (tertiary/aromatic N) is 2. The van der Waals surface area contributed by atoms with Gasteiger partial charge in [-0.2, -0.15) is 8.42 Å². The quantitative estimate of drug-likeness (QED) is 0.631. The second-order valence-corrected chi connectivity index (χ2v) is 7.28. The van der Waals surface area contributed by atoms with Crippen LogP contribution in [0.5, 0.6) is 5.88 Å². The molecule has 7 heteroatoms. The minimum Gasteiger partial charge on any atom is -0.480 e. The summed E-state index contributed by atoms with van der Waals surface area (Å²) < 4.78 is 31.8. The highest BCUT2D eigenvalue weighted by atomic mass is 32.2. The van der Waals surface area contributed by atoms with Crippen molar-refractivity contribution in [1.29, 1.82) is 0 Å². The minimum absolute atomic E-state index is 0.143. The van der Waals surface area contributed by atoms with Crippen molar-refractivity contribution < 1.29 is 17.3 Å². The minimum atomic E-state index is -3.40. The van der Waals surface area contributed by atoms with Gasteiger partial charge >= 0.3 is 0 Å². The molecule has 0 saturated heterocycles. The van der Waals surface area contributed by atoms with Gasteiger partial charge in [0.25, 0.3) is 10.1 Å². The van der Waals surface area contributed by atoms with E-state index in [2.05, 4.69) is 10.2 Å². The van der Waals surface area contributed by atoms with E-state index in [-0.39, 0.29) is 6.61 Å². The summed E-state index contributed by atoms with van der Waals surface area (Å²) in [6, 6.07) is 15.7. The Balaban J connectivity index is 1.80. The number of ether oxygens (including phenoxy) is 1. The van der Waals surface area contributed by atoms with Crippen molar-refractivity contribution in [1.82, 2.24) is 10.2 Å². The number of hydrogen-bond donors (Lipinski definition) is 0. The molecule has 0 aliphatic heterocycles. The van der Waals surface area contributed by atoms with E-state index in [0.29, 0.717) is 12.3 Å². The van der Waals surface area contributed by atoms with Crippen molar-refractivity contribution in [3.05, 3.63) is 54.1 Å². The standard InChI is InChI=1S/C18H18N2O4S/c1-23-18-8-7-17(19-20-18)16-6-5-14-11-13(3-4-15(14)12-16)9-10-24-25(2,21)22/h3-8,11-12H,9-10H2,1-2H3. The first-order valence-corrected chi connectivity index (χ1v) is 9.51. The summed E-state index contributed by atoms with van der Waals surface area (Å²) in [5.41, 5.74) is 2.76. The number of methoxy groups -OCH3 is 1. The van der Waals surface area contributed by atoms with Gasteiger partial charge in [0.1, 0.15) is 0 Å². The average molecular weight is 358 g/mol. The topological polar surface area (TPSA) is 78.4 Å². The molecule has 1 heterocycles. The molecule has 3 rings (SSSR count). The SMILES string of the molecule is COc1ccc(-c2ccc3cc(CCOS(C)(=O)=O)ccc3c2)nn1. The zero-order valence-corrected chi connectivity index (χ0v) is 14.8. The molecule has 0 bridgehead atoms. The summed E-state index contributed by atoms with van der Waals surface area (Å²) in [7, 11) is -1.85. The van der Waals surface area contributed by atoms with Gasteiger partial charge in [0.05, 0.1) is 25.7 Å². The summed E-state index contributed by atoms with van der Waals surface area (Å²) in [5.74, 6) is 0.477. The normalized spacial score (nSPS) is 11.6. The lowest BCUT2D eigenvalue weighted by molar-refractivity contribution is 0.326. The Hall–Kier alpha value is -2.51. The molecule has 0 saturated carbocycles. The van der Waals surface area contributed by atoms with Gasteiger partial charge in [0.2, 0.25) is 5.88 Å². The summed E-state index contributed by atoms with van der Waals surface area (Å²) in [6.07, 6.45) is 1.59. The van der Waals surface area contributed by atoms with Crippen LogP contribution in [-0.4, -0.2) is 38.6 Å². The maximum atomic E-state index is 11.0. The lowest BCUT2D eigenvalue weighted by Gasteiger charge is -2.06. The summed E-state index contributed by atoms with van der Waals surface area (Å²) in [4.78, 5) is 0. The number of fused-ring (bicyclic) bond motifs is 1. The van der Waals surface area contributed by atoms with E-state index in [1.165, 1.54) is 0 Å². The number of aromatic nitrogens is 2. The van der Waals surface area contributed by atoms with Crippen LogP contribution in [0.1, 0.15) is 5.56 Å². The number of benzene rings is 2. The lowest BCUT2D eigenvalue weighted by Crippen LogP contribution is -2.06. The molecule has 0 unspecified atom stereocenters. The molecular weight excluding hydrogens is 340 g/mol. The van der Waals surface area contributed by atoms with Gasteiger partial charge in [0.15, 0.2) is 0 Å². The highest BCUT2D eigenvalue weighted by Crippen LogP contribution is 2.24. The molecule has 1 aromatic heterocycles. The van der Waals surface area contributed by atoms with Crippen LogP contribution in [0.4, 0.5) is 0 Å². The molecular formula is C18H18N2O4S. The molecule has 0 aliphatic rings. The van der Waals surface area contributed by atoms with E-state index in [0.717, 1.165) is 33.8 Å². The lowest BCUT2D eigenvalue weighted by atomic mass is 10.0. The van der Waals surface area contributed by atoms with Gasteiger partial charge in [-0.05, 0) is 34.9 Å². The van der Waals surface area contributed by atoms with Crippen LogP contribution in [0.25, 0.3) is 22.0 Å². The van der Waals surface area contributed by atoms with Crippen molar-refractivity contribution in [2.24, 2.45) is 0 Å². The van der Waals surface area contributed by atoms with E-state index >= 15 is 0 Å². The molecule has 0 N–H and O–H groups in total. The maximum Gasteiger partial charge on any atom is 0.264 e. The van der Waals surface area contributed by atoms with Crippen LogP contribution in [0.3, 0.4) is 0 Å². The van der Waals surface area contributed by atoms with Crippen molar-refractivity contribution in [3.63, 3.8) is 0 Å². The first-order valence-electron chi connectivity index (χ1n) is 7.70. The molecule has 3 aromatic rings. The molecule has 0 fully saturated rings. The van der Waals surface area contributed by atoms with Crippen molar-refractivity contribution in [2.75, 3.05) is 20.0 Å². The fourth-order valence-electron chi connectivity index (χ4n) is 2.50. The van der Waals surface area contributed by atoms with Crippen LogP contribution >= 0.6 is 0 Å². The largest absolute Gasteiger partial charge is 0.480 e. The second kappa shape index (κ2) is 7.16. The molecule has 0 spiro atoms. The average Bonchev–Trinajstić information content (AvgIpc) is 2.60. The number of hydrogen-bond acceptors (Lipinski definition) is 6. The predicted molar refractivity (Wildman–Crippen MR) is 96.0 cm³/mol. The van der Waals surface area contributed by atoms with E-state index < -0.39 is 10.1 Å². The Morgan fingerprint density at radius 3 is 2.40 bits per heavy atom. The fraction of sp³-hybridized carbons (Fsp3) is 0.222. The van der Waals surface area contributed by atoms with Crippen LogP contribution in [0.15, 0.2) is 48.5 Å². The van der Waals surface area contributed by atoms with Gasteiger partial charge in [-0.3, -0.25) is 4.18 Å². The van der Waals surface area contributed by atoms with Gasteiger partial charge < -0.3 is 4.74 Å². The van der Waals surface area contributed by atoms with Gasteiger partial charge in [-0.1, -0.05) is 30.3 Å². The highest BCUT2D eigenvalue weighted by molar-refractivity contribution is 7.85. The van der Waals surface area contributed by atoms with Gasteiger partial charge in [0, 0.05) is 11.6 Å². The van der Waals surface area contributed by atoms with Crippen LogP contribution in [-0.2, 0) is 20.7 Å². The fourth-order valence-corrected chi connectivity index (χ4v) is 2.89. The maximum absolute atomic E-state index is 11.0. The van der Waals surface area contributed by atoms with Crippen molar-refractivity contribution in [2.45, 2.75) is 6.42 Å².